The molecule has 6 atom stereocenters. The molecule has 6 N–H and O–H groups in total. The number of nitrogens with two attached hydrogens (primary N) is 1. The van der Waals surface area contributed by atoms with E-state index in [9.17, 15) is 33.6 Å². The van der Waals surface area contributed by atoms with Crippen LogP contribution < -0.4 is 27.0 Å². The summed E-state index contributed by atoms with van der Waals surface area (Å²) >= 11 is 1.53. The molecule has 15 nitrogen and oxygen atoms in total. The van der Waals surface area contributed by atoms with Gasteiger partial charge in [-0.25, -0.2) is 4.79 Å². The predicted molar refractivity (Wildman–Crippen MR) is 235 cm³/mol. The van der Waals surface area contributed by atoms with Crippen LogP contribution in [0.3, 0.4) is 0 Å². The zero-order valence-electron chi connectivity index (χ0n) is 36.4. The smallest absolute Gasteiger partial charge is 0.407 e. The molecule has 2 saturated heterocycles. The van der Waals surface area contributed by atoms with Crippen molar-refractivity contribution in [2.75, 3.05) is 31.6 Å². The first-order valence-corrected chi connectivity index (χ1v) is 22.7. The monoisotopic (exact) mass is 863 g/mol. The number of primary amides is 1. The number of thioether (sulfide) groups is 1. The molecule has 0 spiro atoms. The summed E-state index contributed by atoms with van der Waals surface area (Å²) in [6.07, 6.45) is 3.96. The molecule has 16 heteroatoms. The Bertz CT molecular complexity index is 1810. The first-order chi connectivity index (χ1) is 29.0. The molecule has 2 aliphatic heterocycles. The number of unbranched alkanes of at least 4 members (excludes halogenated alkanes) is 1. The minimum atomic E-state index is -1.08. The van der Waals surface area contributed by atoms with Crippen LogP contribution in [0, 0.1) is 11.8 Å². The summed E-state index contributed by atoms with van der Waals surface area (Å²) in [6, 6.07) is 13.8. The van der Waals surface area contributed by atoms with Crippen LogP contribution in [0.2, 0.25) is 0 Å². The van der Waals surface area contributed by atoms with Gasteiger partial charge < -0.3 is 41.5 Å². The maximum Gasteiger partial charge on any atom is 0.407 e. The molecule has 0 saturated carbocycles. The molecule has 2 aromatic rings. The molecule has 61 heavy (non-hydrogen) atoms. The maximum absolute atomic E-state index is 14.7. The third kappa shape index (κ3) is 15.1. The molecule has 0 aromatic heterocycles. The average molecular weight is 864 g/mol. The van der Waals surface area contributed by atoms with E-state index < -0.39 is 65.5 Å². The summed E-state index contributed by atoms with van der Waals surface area (Å²) in [7, 11) is 0. The van der Waals surface area contributed by atoms with Gasteiger partial charge in [-0.3, -0.25) is 28.8 Å². The first kappa shape index (κ1) is 48.5. The summed E-state index contributed by atoms with van der Waals surface area (Å²) in [4.78, 5) is 97.7. The molecule has 2 aromatic carbocycles. The minimum Gasteiger partial charge on any atom is -0.444 e. The fourth-order valence-corrected chi connectivity index (χ4v) is 8.27. The molecular formula is C45H65N7O8S. The molecule has 4 rings (SSSR count). The van der Waals surface area contributed by atoms with Gasteiger partial charge >= 0.3 is 6.09 Å². The zero-order chi connectivity index (χ0) is 44.7. The number of rotatable bonds is 22. The van der Waals surface area contributed by atoms with Gasteiger partial charge in [0.05, 0.1) is 0 Å². The molecule has 0 aliphatic carbocycles. The quantitative estimate of drug-likeness (QED) is 0.110. The Morgan fingerprint density at radius 2 is 1.46 bits per heavy atom. The van der Waals surface area contributed by atoms with Gasteiger partial charge in [0, 0.05) is 44.8 Å². The Morgan fingerprint density at radius 1 is 0.852 bits per heavy atom. The molecule has 334 valence electrons. The minimum absolute atomic E-state index is 0.0379. The van der Waals surface area contributed by atoms with Crippen LogP contribution >= 0.6 is 11.8 Å². The number of benzene rings is 2. The van der Waals surface area contributed by atoms with E-state index in [1.54, 1.807) is 25.7 Å². The molecule has 2 fully saturated rings. The van der Waals surface area contributed by atoms with Crippen molar-refractivity contribution in [3.8, 4) is 0 Å². The molecule has 0 bridgehead atoms. The van der Waals surface area contributed by atoms with Crippen molar-refractivity contribution in [2.45, 2.75) is 122 Å². The lowest BCUT2D eigenvalue weighted by molar-refractivity contribution is -0.146. The standard InChI is InChI=1S/C45H65N7O8S/c1-29(2)25-36(41(56)49-33(39(46)54)21-24-61-6)52-28-32-20-23-51(38(32)43(52)58)42(57)35(27-31-17-11-8-12-18-31)50-40(55)34(26-30-15-9-7-10-16-30)48-37(53)19-13-14-22-47-44(59)60-45(3,4)5/h7-12,15-18,29,32-36,38H,13-14,19-28H2,1-6H3,(H2,46,54)(H,47,59)(H,48,53)(H,49,56)(H,50,55)/t32-,33+,34+,35+,36-,38-/m1/s1. The Morgan fingerprint density at radius 3 is 2.03 bits per heavy atom. The first-order valence-electron chi connectivity index (χ1n) is 21.3. The Balaban J connectivity index is 1.51. The van der Waals surface area contributed by atoms with Gasteiger partial charge in [-0.1, -0.05) is 74.5 Å². The Hall–Kier alpha value is -5.12. The van der Waals surface area contributed by atoms with Gasteiger partial charge in [0.2, 0.25) is 35.4 Å². The van der Waals surface area contributed by atoms with Crippen LogP contribution in [-0.4, -0.2) is 119 Å². The summed E-state index contributed by atoms with van der Waals surface area (Å²) < 4.78 is 5.26. The average Bonchev–Trinajstić information content (AvgIpc) is 3.77. The van der Waals surface area contributed by atoms with E-state index in [0.29, 0.717) is 50.9 Å². The lowest BCUT2D eigenvalue weighted by Gasteiger charge is -2.32. The number of carbonyl (C=O) groups is 7. The molecule has 2 heterocycles. The molecule has 0 unspecified atom stereocenters. The van der Waals surface area contributed by atoms with Crippen molar-refractivity contribution in [1.82, 2.24) is 31.1 Å². The number of carbonyl (C=O) groups excluding carboxylic acids is 7. The molecule has 2 aliphatic rings. The van der Waals surface area contributed by atoms with Gasteiger partial charge in [-0.2, -0.15) is 11.8 Å². The van der Waals surface area contributed by atoms with E-state index in [-0.39, 0.29) is 49.5 Å². The maximum atomic E-state index is 14.7. The van der Waals surface area contributed by atoms with Gasteiger partial charge in [0.1, 0.15) is 35.8 Å². The van der Waals surface area contributed by atoms with Crippen LogP contribution in [0.1, 0.15) is 84.3 Å². The van der Waals surface area contributed by atoms with Crippen molar-refractivity contribution in [2.24, 2.45) is 17.6 Å². The van der Waals surface area contributed by atoms with Crippen LogP contribution in [-0.2, 0) is 46.3 Å². The van der Waals surface area contributed by atoms with Gasteiger partial charge in [0.25, 0.3) is 0 Å². The van der Waals surface area contributed by atoms with E-state index in [1.807, 2.05) is 80.8 Å². The molecule has 7 amide bonds. The van der Waals surface area contributed by atoms with E-state index in [4.69, 9.17) is 10.5 Å². The summed E-state index contributed by atoms with van der Waals surface area (Å²) in [5.41, 5.74) is 6.60. The fourth-order valence-electron chi connectivity index (χ4n) is 7.80. The second-order valence-electron chi connectivity index (χ2n) is 17.4. The highest BCUT2D eigenvalue weighted by atomic mass is 32.2. The number of fused-ring (bicyclic) bond motifs is 1. The van der Waals surface area contributed by atoms with Gasteiger partial charge in [0.15, 0.2) is 0 Å². The number of amides is 7. The highest BCUT2D eigenvalue weighted by Crippen LogP contribution is 2.35. The summed E-state index contributed by atoms with van der Waals surface area (Å²) in [5.74, 6) is -2.37. The van der Waals surface area contributed by atoms with Crippen LogP contribution in [0.5, 0.6) is 0 Å². The Kier molecular flexibility index (Phi) is 18.5. The number of ether oxygens (including phenoxy) is 1. The third-order valence-electron chi connectivity index (χ3n) is 10.7. The number of alkyl carbamates (subject to hydrolysis) is 1. The van der Waals surface area contributed by atoms with Crippen molar-refractivity contribution in [1.29, 1.82) is 0 Å². The number of likely N-dealkylation sites (tertiary alicyclic amines) is 2. The van der Waals surface area contributed by atoms with Gasteiger partial charge in [-0.15, -0.1) is 0 Å². The Labute approximate surface area is 364 Å². The number of nitrogens with zero attached hydrogens (tertiary/aromatic N) is 2. The summed E-state index contributed by atoms with van der Waals surface area (Å²) in [5, 5.41) is 11.3. The van der Waals surface area contributed by atoms with E-state index in [1.165, 1.54) is 16.7 Å². The number of nitrogens with one attached hydrogen (secondary N) is 4. The summed E-state index contributed by atoms with van der Waals surface area (Å²) in [6.45, 7) is 10.1. The largest absolute Gasteiger partial charge is 0.444 e. The topological polar surface area (TPSA) is 209 Å². The van der Waals surface area contributed by atoms with Crippen LogP contribution in [0.15, 0.2) is 60.7 Å². The molecular weight excluding hydrogens is 799 g/mol. The zero-order valence-corrected chi connectivity index (χ0v) is 37.3. The van der Waals surface area contributed by atoms with E-state index in [2.05, 4.69) is 21.3 Å². The van der Waals surface area contributed by atoms with Crippen molar-refractivity contribution in [3.05, 3.63) is 71.8 Å². The number of hydrogen-bond donors (Lipinski definition) is 5. The second-order valence-corrected chi connectivity index (χ2v) is 18.3. The predicted octanol–water partition coefficient (Wildman–Crippen LogP) is 3.33. The van der Waals surface area contributed by atoms with Gasteiger partial charge in [-0.05, 0) is 81.9 Å². The lowest BCUT2D eigenvalue weighted by Crippen LogP contribution is -2.58. The van der Waals surface area contributed by atoms with Crippen LogP contribution in [0.25, 0.3) is 0 Å². The lowest BCUT2D eigenvalue weighted by atomic mass is 10.0. The fraction of sp³-hybridized carbons (Fsp3) is 0.578. The normalized spacial score (nSPS) is 18.1. The van der Waals surface area contributed by atoms with E-state index >= 15 is 0 Å². The highest BCUT2D eigenvalue weighted by Gasteiger charge is 2.53. The van der Waals surface area contributed by atoms with Crippen molar-refractivity contribution >= 4 is 53.3 Å². The van der Waals surface area contributed by atoms with Crippen LogP contribution in [0.4, 0.5) is 4.79 Å². The second kappa shape index (κ2) is 23.2. The van der Waals surface area contributed by atoms with E-state index in [0.717, 1.165) is 11.1 Å². The van der Waals surface area contributed by atoms with Crippen molar-refractivity contribution < 1.29 is 38.3 Å². The number of hydrogen-bond acceptors (Lipinski definition) is 9. The van der Waals surface area contributed by atoms with Crippen molar-refractivity contribution in [3.63, 3.8) is 0 Å². The SMILES string of the molecule is CSCC[C@H](NC(=O)[C@@H](CC(C)C)N1C[C@H]2CCN(C(=O)[C@H](Cc3ccccc3)NC(=O)[C@H](Cc3ccccc3)NC(=O)CCCCNC(=O)OC(C)(C)C)[C@H]2C1=O)C(N)=O. The third-order valence-corrected chi connectivity index (χ3v) is 11.4. The molecule has 0 radical (unpaired) electrons. The highest BCUT2D eigenvalue weighted by molar-refractivity contribution is 7.98.